The highest BCUT2D eigenvalue weighted by Crippen LogP contribution is 2.33. The number of esters is 1. The first-order valence-corrected chi connectivity index (χ1v) is 16.0. The van der Waals surface area contributed by atoms with Crippen molar-refractivity contribution in [3.8, 4) is 17.1 Å². The standard InChI is InChI=1S/C31H33N3O5Si/c1-18-32-28(33-38-18)21-11-10-20-9-8-19(14-22(20)15-21)17-34-25-16-23(31(2,3)4)12-13-24(25)27(39-40(6)7)26(29(34)35)30(36)37-5/h8-16,40H,17H2,1-7H3. The Morgan fingerprint density at radius 1 is 1.02 bits per heavy atom. The number of nitrogens with zero attached hydrogens (tertiary/aromatic N) is 3. The summed E-state index contributed by atoms with van der Waals surface area (Å²) in [6.07, 6.45) is 0. The Morgan fingerprint density at radius 3 is 2.42 bits per heavy atom. The molecule has 0 N–H and O–H groups in total. The highest BCUT2D eigenvalue weighted by molar-refractivity contribution is 6.49. The SMILES string of the molecule is COC(=O)c1c(O[SiH](C)C)c2ccc(C(C)(C)C)cc2n(Cc2ccc3ccc(-c4noc(C)n4)cc3c2)c1=O. The molecular formula is C31H33N3O5Si. The summed E-state index contributed by atoms with van der Waals surface area (Å²) in [5.41, 5.74) is 2.88. The van der Waals surface area contributed by atoms with Gasteiger partial charge in [0, 0.05) is 17.9 Å². The number of benzene rings is 3. The van der Waals surface area contributed by atoms with E-state index in [2.05, 4.69) is 30.9 Å². The summed E-state index contributed by atoms with van der Waals surface area (Å²) in [7, 11) is -0.387. The zero-order valence-electron chi connectivity index (χ0n) is 23.9. The number of methoxy groups -OCH3 is 1. The number of hydrogen-bond donors (Lipinski definition) is 0. The quantitative estimate of drug-likeness (QED) is 0.187. The number of carbonyl (C=O) groups excluding carboxylic acids is 1. The van der Waals surface area contributed by atoms with Gasteiger partial charge in [0.1, 0.15) is 5.75 Å². The maximum absolute atomic E-state index is 14.0. The molecule has 0 radical (unpaired) electrons. The summed E-state index contributed by atoms with van der Waals surface area (Å²) < 4.78 is 18.1. The molecule has 0 atom stereocenters. The van der Waals surface area contributed by atoms with E-state index < -0.39 is 20.6 Å². The molecule has 8 nitrogen and oxygen atoms in total. The zero-order chi connectivity index (χ0) is 28.8. The Kier molecular flexibility index (Phi) is 7.09. The molecule has 2 heterocycles. The average Bonchev–Trinajstić information content (AvgIpc) is 3.35. The highest BCUT2D eigenvalue weighted by Gasteiger charge is 2.26. The molecule has 0 aliphatic heterocycles. The fourth-order valence-electron chi connectivity index (χ4n) is 4.82. The highest BCUT2D eigenvalue weighted by atomic mass is 28.3. The molecule has 0 saturated heterocycles. The number of rotatable bonds is 6. The van der Waals surface area contributed by atoms with Gasteiger partial charge < -0.3 is 18.3 Å². The Balaban J connectivity index is 1.72. The Bertz CT molecular complexity index is 1810. The number of hydrogen-bond acceptors (Lipinski definition) is 7. The van der Waals surface area contributed by atoms with E-state index in [1.165, 1.54) is 7.11 Å². The molecule has 5 aromatic rings. The largest absolute Gasteiger partial charge is 0.546 e. The van der Waals surface area contributed by atoms with Crippen molar-refractivity contribution in [2.24, 2.45) is 0 Å². The van der Waals surface area contributed by atoms with Crippen molar-refractivity contribution in [2.45, 2.75) is 52.7 Å². The molecule has 40 heavy (non-hydrogen) atoms. The normalized spacial score (nSPS) is 11.9. The molecule has 0 saturated carbocycles. The van der Waals surface area contributed by atoms with Crippen molar-refractivity contribution >= 4 is 36.7 Å². The van der Waals surface area contributed by atoms with E-state index in [1.807, 2.05) is 67.7 Å². The molecule has 0 spiro atoms. The summed E-state index contributed by atoms with van der Waals surface area (Å²) >= 11 is 0. The average molecular weight is 556 g/mol. The minimum absolute atomic E-state index is 0.0738. The van der Waals surface area contributed by atoms with E-state index in [0.29, 0.717) is 28.4 Å². The van der Waals surface area contributed by atoms with Gasteiger partial charge in [0.05, 0.1) is 19.2 Å². The molecule has 3 aromatic carbocycles. The summed E-state index contributed by atoms with van der Waals surface area (Å²) in [6, 6.07) is 18.0. The third-order valence-electron chi connectivity index (χ3n) is 6.86. The van der Waals surface area contributed by atoms with E-state index in [4.69, 9.17) is 13.7 Å². The molecule has 0 unspecified atom stereocenters. The van der Waals surface area contributed by atoms with Gasteiger partial charge in [-0.05, 0) is 64.7 Å². The first-order valence-electron chi connectivity index (χ1n) is 13.3. The minimum Gasteiger partial charge on any atom is -0.546 e. The number of carbonyl (C=O) groups is 1. The van der Waals surface area contributed by atoms with Crippen LogP contribution in [0.3, 0.4) is 0 Å². The van der Waals surface area contributed by atoms with Crippen LogP contribution < -0.4 is 9.99 Å². The van der Waals surface area contributed by atoms with Gasteiger partial charge in [0.2, 0.25) is 20.8 Å². The van der Waals surface area contributed by atoms with Gasteiger partial charge in [-0.2, -0.15) is 4.98 Å². The van der Waals surface area contributed by atoms with Crippen LogP contribution >= 0.6 is 0 Å². The summed E-state index contributed by atoms with van der Waals surface area (Å²) in [5, 5.41) is 6.77. The van der Waals surface area contributed by atoms with Crippen LogP contribution in [0.1, 0.15) is 48.1 Å². The van der Waals surface area contributed by atoms with Crippen LogP contribution in [-0.2, 0) is 16.7 Å². The van der Waals surface area contributed by atoms with Gasteiger partial charge in [0.25, 0.3) is 5.56 Å². The van der Waals surface area contributed by atoms with E-state index in [1.54, 1.807) is 11.5 Å². The van der Waals surface area contributed by atoms with Crippen molar-refractivity contribution in [1.82, 2.24) is 14.7 Å². The lowest BCUT2D eigenvalue weighted by molar-refractivity contribution is 0.0596. The predicted molar refractivity (Wildman–Crippen MR) is 159 cm³/mol. The summed E-state index contributed by atoms with van der Waals surface area (Å²) in [5.74, 6) is 0.625. The van der Waals surface area contributed by atoms with Crippen molar-refractivity contribution in [3.05, 3.63) is 87.5 Å². The topological polar surface area (TPSA) is 96.5 Å². The monoisotopic (exact) mass is 555 g/mol. The second kappa shape index (κ2) is 10.4. The van der Waals surface area contributed by atoms with E-state index in [9.17, 15) is 9.59 Å². The number of ether oxygens (including phenoxy) is 1. The lowest BCUT2D eigenvalue weighted by Crippen LogP contribution is -2.30. The van der Waals surface area contributed by atoms with Crippen LogP contribution in [-0.4, -0.2) is 36.8 Å². The van der Waals surface area contributed by atoms with Gasteiger partial charge in [-0.3, -0.25) is 4.79 Å². The van der Waals surface area contributed by atoms with Crippen molar-refractivity contribution in [3.63, 3.8) is 0 Å². The number of pyridine rings is 1. The Labute approximate surface area is 234 Å². The summed E-state index contributed by atoms with van der Waals surface area (Å²) in [4.78, 5) is 31.3. The fraction of sp³-hybridized carbons (Fsp3) is 0.290. The maximum Gasteiger partial charge on any atom is 0.347 e. The molecule has 2 aromatic heterocycles. The van der Waals surface area contributed by atoms with Crippen molar-refractivity contribution in [2.75, 3.05) is 7.11 Å². The summed E-state index contributed by atoms with van der Waals surface area (Å²) in [6.45, 7) is 12.4. The van der Waals surface area contributed by atoms with Gasteiger partial charge >= 0.3 is 5.97 Å². The molecule has 0 bridgehead atoms. The molecule has 206 valence electrons. The lowest BCUT2D eigenvalue weighted by atomic mass is 9.86. The lowest BCUT2D eigenvalue weighted by Gasteiger charge is -2.23. The van der Waals surface area contributed by atoms with E-state index in [0.717, 1.165) is 27.5 Å². The van der Waals surface area contributed by atoms with Gasteiger partial charge in [-0.1, -0.05) is 56.3 Å². The van der Waals surface area contributed by atoms with Crippen molar-refractivity contribution in [1.29, 1.82) is 0 Å². The van der Waals surface area contributed by atoms with E-state index in [-0.39, 0.29) is 17.5 Å². The minimum atomic E-state index is -1.67. The molecule has 0 fully saturated rings. The number of fused-ring (bicyclic) bond motifs is 2. The van der Waals surface area contributed by atoms with Crippen LogP contribution in [0.25, 0.3) is 33.1 Å². The van der Waals surface area contributed by atoms with Gasteiger partial charge in [0.15, 0.2) is 5.56 Å². The number of aryl methyl sites for hydroxylation is 1. The second-order valence-electron chi connectivity index (χ2n) is 11.3. The predicted octanol–water partition coefficient (Wildman–Crippen LogP) is 6.01. The molecule has 0 aliphatic carbocycles. The maximum atomic E-state index is 14.0. The van der Waals surface area contributed by atoms with Crippen LogP contribution in [0.4, 0.5) is 0 Å². The first-order chi connectivity index (χ1) is 19.0. The third-order valence-corrected chi connectivity index (χ3v) is 7.57. The smallest absolute Gasteiger partial charge is 0.347 e. The Morgan fingerprint density at radius 2 is 1.77 bits per heavy atom. The fourth-order valence-corrected chi connectivity index (χ4v) is 5.54. The van der Waals surface area contributed by atoms with Crippen LogP contribution in [0, 0.1) is 6.92 Å². The molecule has 9 heteroatoms. The molecule has 5 rings (SSSR count). The van der Waals surface area contributed by atoms with Crippen LogP contribution in [0.5, 0.6) is 5.75 Å². The van der Waals surface area contributed by atoms with Crippen LogP contribution in [0.2, 0.25) is 13.1 Å². The van der Waals surface area contributed by atoms with Gasteiger partial charge in [-0.15, -0.1) is 0 Å². The third kappa shape index (κ3) is 5.16. The zero-order valence-corrected chi connectivity index (χ0v) is 25.0. The molecular weight excluding hydrogens is 522 g/mol. The first kappa shape index (κ1) is 27.3. The second-order valence-corrected chi connectivity index (χ2v) is 13.6. The van der Waals surface area contributed by atoms with Crippen LogP contribution in [0.15, 0.2) is 63.9 Å². The van der Waals surface area contributed by atoms with Crippen molar-refractivity contribution < 1.29 is 18.5 Å². The Hall–Kier alpha value is -4.24. The van der Waals surface area contributed by atoms with Gasteiger partial charge in [-0.25, -0.2) is 4.79 Å². The van der Waals surface area contributed by atoms with E-state index >= 15 is 0 Å². The molecule has 0 aliphatic rings. The number of aromatic nitrogens is 3. The molecule has 0 amide bonds.